The fourth-order valence-electron chi connectivity index (χ4n) is 3.45. The minimum atomic E-state index is 0.538. The lowest BCUT2D eigenvalue weighted by Gasteiger charge is -2.30. The van der Waals surface area contributed by atoms with Gasteiger partial charge >= 0.3 is 0 Å². The van der Waals surface area contributed by atoms with Gasteiger partial charge in [-0.15, -0.1) is 0 Å². The van der Waals surface area contributed by atoms with E-state index in [-0.39, 0.29) is 0 Å². The molecule has 0 aliphatic heterocycles. The highest BCUT2D eigenvalue weighted by atomic mass is 35.5. The number of anilines is 1. The van der Waals surface area contributed by atoms with Crippen molar-refractivity contribution >= 4 is 28.2 Å². The summed E-state index contributed by atoms with van der Waals surface area (Å²) in [6.07, 6.45) is 8.29. The first-order valence-corrected chi connectivity index (χ1v) is 8.37. The van der Waals surface area contributed by atoms with Crippen LogP contribution >= 0.6 is 11.6 Å². The molecular formula is C18H23ClN2. The zero-order valence-electron chi connectivity index (χ0n) is 12.8. The van der Waals surface area contributed by atoms with E-state index in [9.17, 15) is 0 Å². The van der Waals surface area contributed by atoms with Crippen LogP contribution < -0.4 is 5.32 Å². The third kappa shape index (κ3) is 3.01. The summed E-state index contributed by atoms with van der Waals surface area (Å²) in [5.41, 5.74) is 3.24. The monoisotopic (exact) mass is 302 g/mol. The van der Waals surface area contributed by atoms with Crippen LogP contribution in [0.2, 0.25) is 5.02 Å². The maximum Gasteiger partial charge on any atom is 0.0752 e. The Morgan fingerprint density at radius 3 is 2.76 bits per heavy atom. The summed E-state index contributed by atoms with van der Waals surface area (Å²) >= 11 is 6.49. The number of nitrogens with one attached hydrogen (secondary N) is 1. The second-order valence-electron chi connectivity index (χ2n) is 6.22. The lowest BCUT2D eigenvalue weighted by atomic mass is 9.84. The molecule has 21 heavy (non-hydrogen) atoms. The smallest absolute Gasteiger partial charge is 0.0752 e. The summed E-state index contributed by atoms with van der Waals surface area (Å²) in [5, 5.41) is 5.64. The van der Waals surface area contributed by atoms with Crippen LogP contribution in [0.1, 0.15) is 44.6 Å². The molecule has 0 saturated heterocycles. The van der Waals surface area contributed by atoms with Gasteiger partial charge in [-0.25, -0.2) is 0 Å². The van der Waals surface area contributed by atoms with Crippen LogP contribution in [0.5, 0.6) is 0 Å². The van der Waals surface area contributed by atoms with Crippen molar-refractivity contribution in [2.75, 3.05) is 5.32 Å². The Labute approximate surface area is 131 Å². The van der Waals surface area contributed by atoms with E-state index in [4.69, 9.17) is 11.6 Å². The summed E-state index contributed by atoms with van der Waals surface area (Å²) in [6.45, 7) is 4.37. The molecule has 112 valence electrons. The van der Waals surface area contributed by atoms with Gasteiger partial charge in [0.15, 0.2) is 0 Å². The zero-order chi connectivity index (χ0) is 14.8. The summed E-state index contributed by atoms with van der Waals surface area (Å²) in [6, 6.07) is 6.66. The van der Waals surface area contributed by atoms with Crippen LogP contribution in [0.25, 0.3) is 10.9 Å². The van der Waals surface area contributed by atoms with Crippen molar-refractivity contribution in [2.24, 2.45) is 5.92 Å². The Kier molecular flexibility index (Phi) is 4.34. The molecule has 3 rings (SSSR count). The first-order valence-electron chi connectivity index (χ1n) is 7.99. The summed E-state index contributed by atoms with van der Waals surface area (Å²) in [4.78, 5) is 4.50. The molecule has 0 unspecified atom stereocenters. The molecule has 0 amide bonds. The number of rotatable bonds is 3. The van der Waals surface area contributed by atoms with Gasteiger partial charge in [0.1, 0.15) is 0 Å². The van der Waals surface area contributed by atoms with Gasteiger partial charge in [-0.1, -0.05) is 24.9 Å². The fourth-order valence-corrected chi connectivity index (χ4v) is 3.77. The van der Waals surface area contributed by atoms with Crippen LogP contribution in [0, 0.1) is 12.8 Å². The van der Waals surface area contributed by atoms with E-state index in [0.29, 0.717) is 6.04 Å². The van der Waals surface area contributed by atoms with Gasteiger partial charge in [-0.2, -0.15) is 0 Å². The van der Waals surface area contributed by atoms with Crippen LogP contribution in [-0.4, -0.2) is 11.0 Å². The highest BCUT2D eigenvalue weighted by molar-refractivity contribution is 6.35. The molecule has 1 heterocycles. The number of nitrogens with zero attached hydrogens (tertiary/aromatic N) is 1. The third-order valence-electron chi connectivity index (χ3n) is 4.81. The predicted octanol–water partition coefficient (Wildman–Crippen LogP) is 5.58. The standard InChI is InChI=1S/C18H23ClN2/c1-3-13-6-8-14(9-7-13)21-18-15-5-4-10-20-17(15)12(2)11-16(18)19/h4-5,10-11,13-14,21H,3,6-9H2,1-2H3. The van der Waals surface area contributed by atoms with Crippen LogP contribution in [0.4, 0.5) is 5.69 Å². The molecule has 1 aromatic carbocycles. The van der Waals surface area contributed by atoms with Crippen molar-refractivity contribution in [3.05, 3.63) is 35.0 Å². The lowest BCUT2D eigenvalue weighted by molar-refractivity contribution is 0.330. The van der Waals surface area contributed by atoms with Crippen LogP contribution in [0.15, 0.2) is 24.4 Å². The van der Waals surface area contributed by atoms with E-state index in [1.165, 1.54) is 32.1 Å². The van der Waals surface area contributed by atoms with E-state index in [1.807, 2.05) is 18.3 Å². The molecule has 0 spiro atoms. The van der Waals surface area contributed by atoms with Crippen LogP contribution in [0.3, 0.4) is 0 Å². The third-order valence-corrected chi connectivity index (χ3v) is 5.10. The number of halogens is 1. The minimum Gasteiger partial charge on any atom is -0.381 e. The number of aryl methyl sites for hydroxylation is 1. The Hall–Kier alpha value is -1.28. The quantitative estimate of drug-likeness (QED) is 0.801. The Balaban J connectivity index is 1.87. The molecule has 0 atom stereocenters. The molecule has 1 aliphatic rings. The van der Waals surface area contributed by atoms with Crippen molar-refractivity contribution in [2.45, 2.75) is 52.0 Å². The van der Waals surface area contributed by atoms with Crippen molar-refractivity contribution in [3.8, 4) is 0 Å². The van der Waals surface area contributed by atoms with E-state index in [1.54, 1.807) is 0 Å². The largest absolute Gasteiger partial charge is 0.381 e. The van der Waals surface area contributed by atoms with Crippen molar-refractivity contribution < 1.29 is 0 Å². The molecule has 1 aliphatic carbocycles. The van der Waals surface area contributed by atoms with Gasteiger partial charge in [0.05, 0.1) is 16.2 Å². The minimum absolute atomic E-state index is 0.538. The first kappa shape index (κ1) is 14.6. The molecule has 2 nitrogen and oxygen atoms in total. The second-order valence-corrected chi connectivity index (χ2v) is 6.63. The average Bonchev–Trinajstić information content (AvgIpc) is 2.52. The average molecular weight is 303 g/mol. The van der Waals surface area contributed by atoms with Gasteiger partial charge in [-0.3, -0.25) is 4.98 Å². The number of fused-ring (bicyclic) bond motifs is 1. The molecule has 0 radical (unpaired) electrons. The second kappa shape index (κ2) is 6.23. The van der Waals surface area contributed by atoms with Gasteiger partial charge < -0.3 is 5.32 Å². The Bertz CT molecular complexity index is 630. The molecular weight excluding hydrogens is 280 g/mol. The van der Waals surface area contributed by atoms with Crippen molar-refractivity contribution in [1.29, 1.82) is 0 Å². The maximum atomic E-state index is 6.49. The summed E-state index contributed by atoms with van der Waals surface area (Å²) < 4.78 is 0. The highest BCUT2D eigenvalue weighted by Crippen LogP contribution is 2.35. The summed E-state index contributed by atoms with van der Waals surface area (Å²) in [7, 11) is 0. The van der Waals surface area contributed by atoms with Crippen molar-refractivity contribution in [3.63, 3.8) is 0 Å². The molecule has 1 fully saturated rings. The van der Waals surface area contributed by atoms with E-state index >= 15 is 0 Å². The van der Waals surface area contributed by atoms with E-state index in [0.717, 1.165) is 33.1 Å². The lowest BCUT2D eigenvalue weighted by Crippen LogP contribution is -2.26. The molecule has 1 N–H and O–H groups in total. The molecule has 0 bridgehead atoms. The Morgan fingerprint density at radius 1 is 1.29 bits per heavy atom. The molecule has 2 aromatic rings. The molecule has 1 aromatic heterocycles. The number of pyridine rings is 1. The fraction of sp³-hybridized carbons (Fsp3) is 0.500. The van der Waals surface area contributed by atoms with Crippen LogP contribution in [-0.2, 0) is 0 Å². The van der Waals surface area contributed by atoms with E-state index < -0.39 is 0 Å². The van der Waals surface area contributed by atoms with E-state index in [2.05, 4.69) is 30.2 Å². The first-order chi connectivity index (χ1) is 10.2. The van der Waals surface area contributed by atoms with Gasteiger partial charge in [0, 0.05) is 17.6 Å². The number of aromatic nitrogens is 1. The van der Waals surface area contributed by atoms with Gasteiger partial charge in [-0.05, 0) is 62.3 Å². The molecule has 3 heteroatoms. The van der Waals surface area contributed by atoms with Crippen molar-refractivity contribution in [1.82, 2.24) is 4.98 Å². The number of benzene rings is 1. The Morgan fingerprint density at radius 2 is 2.05 bits per heavy atom. The normalized spacial score (nSPS) is 22.4. The highest BCUT2D eigenvalue weighted by Gasteiger charge is 2.21. The predicted molar refractivity (Wildman–Crippen MR) is 91.1 cm³/mol. The molecule has 1 saturated carbocycles. The SMILES string of the molecule is CCC1CCC(Nc2c(Cl)cc(C)c3ncccc23)CC1. The van der Waals surface area contributed by atoms with Gasteiger partial charge in [0.2, 0.25) is 0 Å². The maximum absolute atomic E-state index is 6.49. The zero-order valence-corrected chi connectivity index (χ0v) is 13.6. The number of hydrogen-bond donors (Lipinski definition) is 1. The number of hydrogen-bond acceptors (Lipinski definition) is 2. The topological polar surface area (TPSA) is 24.9 Å². The summed E-state index contributed by atoms with van der Waals surface area (Å²) in [5.74, 6) is 0.912. The van der Waals surface area contributed by atoms with Gasteiger partial charge in [0.25, 0.3) is 0 Å².